The number of amides is 1. The second-order valence-corrected chi connectivity index (χ2v) is 6.48. The van der Waals surface area contributed by atoms with E-state index in [0.717, 1.165) is 19.1 Å². The van der Waals surface area contributed by atoms with Crippen molar-refractivity contribution in [1.29, 1.82) is 0 Å². The summed E-state index contributed by atoms with van der Waals surface area (Å²) >= 11 is 0. The van der Waals surface area contributed by atoms with Crippen LogP contribution in [0.3, 0.4) is 0 Å². The Labute approximate surface area is 108 Å². The van der Waals surface area contributed by atoms with Crippen LogP contribution in [0.4, 0.5) is 0 Å². The van der Waals surface area contributed by atoms with Gasteiger partial charge in [0.15, 0.2) is 9.84 Å². The number of hydrogen-bond acceptors (Lipinski definition) is 3. The molecule has 0 saturated carbocycles. The highest BCUT2D eigenvalue weighted by Crippen LogP contribution is 2.11. The molecule has 0 aliphatic heterocycles. The molecule has 4 nitrogen and oxygen atoms in total. The Morgan fingerprint density at radius 3 is 2.61 bits per heavy atom. The zero-order chi connectivity index (χ0) is 13.8. The smallest absolute Gasteiger partial charge is 0.251 e. The molecule has 1 rings (SSSR count). The molecule has 1 amide bonds. The third-order valence-corrected chi connectivity index (χ3v) is 3.73. The number of rotatable bonds is 5. The standard InChI is InChI=1S/C13H19NO3S/c1-4-6-10(2)14-13(15)11-7-5-8-12(9-11)18(3,16)17/h5,7-10H,4,6H2,1-3H3,(H,14,15). The van der Waals surface area contributed by atoms with Gasteiger partial charge in [-0.05, 0) is 31.5 Å². The van der Waals surface area contributed by atoms with Crippen LogP contribution in [0.2, 0.25) is 0 Å². The molecule has 0 heterocycles. The van der Waals surface area contributed by atoms with Gasteiger partial charge in [0.25, 0.3) is 5.91 Å². The second kappa shape index (κ2) is 6.00. The average molecular weight is 269 g/mol. The van der Waals surface area contributed by atoms with Crippen LogP contribution in [0.25, 0.3) is 0 Å². The lowest BCUT2D eigenvalue weighted by Crippen LogP contribution is -2.32. The van der Waals surface area contributed by atoms with E-state index >= 15 is 0 Å². The zero-order valence-corrected chi connectivity index (χ0v) is 11.8. The molecule has 100 valence electrons. The molecule has 0 aromatic heterocycles. The van der Waals surface area contributed by atoms with Crippen LogP contribution >= 0.6 is 0 Å². The van der Waals surface area contributed by atoms with Gasteiger partial charge in [0.1, 0.15) is 0 Å². The molecule has 1 aromatic carbocycles. The molecule has 18 heavy (non-hydrogen) atoms. The summed E-state index contributed by atoms with van der Waals surface area (Å²) in [4.78, 5) is 12.1. The second-order valence-electron chi connectivity index (χ2n) is 4.46. The number of benzene rings is 1. The summed E-state index contributed by atoms with van der Waals surface area (Å²) in [7, 11) is -3.28. The lowest BCUT2D eigenvalue weighted by Gasteiger charge is -2.13. The summed E-state index contributed by atoms with van der Waals surface area (Å²) in [5.74, 6) is -0.235. The highest BCUT2D eigenvalue weighted by Gasteiger charge is 2.12. The molecule has 0 saturated heterocycles. The van der Waals surface area contributed by atoms with E-state index in [2.05, 4.69) is 5.32 Å². The predicted molar refractivity (Wildman–Crippen MR) is 71.4 cm³/mol. The van der Waals surface area contributed by atoms with Gasteiger partial charge < -0.3 is 5.32 Å². The van der Waals surface area contributed by atoms with Crippen LogP contribution in [-0.2, 0) is 9.84 Å². The zero-order valence-electron chi connectivity index (χ0n) is 10.9. The van der Waals surface area contributed by atoms with Crippen molar-refractivity contribution in [3.8, 4) is 0 Å². The first-order valence-corrected chi connectivity index (χ1v) is 7.84. The Morgan fingerprint density at radius 2 is 2.06 bits per heavy atom. The fourth-order valence-corrected chi connectivity index (χ4v) is 2.35. The van der Waals surface area contributed by atoms with Crippen molar-refractivity contribution in [3.63, 3.8) is 0 Å². The number of carbonyl (C=O) groups excluding carboxylic acids is 1. The van der Waals surface area contributed by atoms with Crippen LogP contribution in [0.15, 0.2) is 29.2 Å². The molecule has 1 N–H and O–H groups in total. The van der Waals surface area contributed by atoms with E-state index in [1.54, 1.807) is 12.1 Å². The Hall–Kier alpha value is -1.36. The first kappa shape index (κ1) is 14.7. The number of carbonyl (C=O) groups is 1. The van der Waals surface area contributed by atoms with Gasteiger partial charge in [0.05, 0.1) is 4.90 Å². The summed E-state index contributed by atoms with van der Waals surface area (Å²) in [6.07, 6.45) is 3.02. The van der Waals surface area contributed by atoms with Gasteiger partial charge in [-0.3, -0.25) is 4.79 Å². The minimum absolute atomic E-state index is 0.0874. The third kappa shape index (κ3) is 4.14. The van der Waals surface area contributed by atoms with Crippen molar-refractivity contribution < 1.29 is 13.2 Å². The average Bonchev–Trinajstić information content (AvgIpc) is 2.28. The molecule has 1 aromatic rings. The van der Waals surface area contributed by atoms with Crippen LogP contribution in [0.5, 0.6) is 0 Å². The van der Waals surface area contributed by atoms with E-state index in [9.17, 15) is 13.2 Å². The van der Waals surface area contributed by atoms with E-state index < -0.39 is 9.84 Å². The SMILES string of the molecule is CCCC(C)NC(=O)c1cccc(S(C)(=O)=O)c1. The molecule has 1 atom stereocenters. The highest BCUT2D eigenvalue weighted by atomic mass is 32.2. The number of hydrogen-bond donors (Lipinski definition) is 1. The van der Waals surface area contributed by atoms with Gasteiger partial charge in [0.2, 0.25) is 0 Å². The minimum atomic E-state index is -3.28. The number of sulfone groups is 1. The van der Waals surface area contributed by atoms with E-state index in [0.29, 0.717) is 5.56 Å². The maximum absolute atomic E-state index is 11.9. The first-order valence-electron chi connectivity index (χ1n) is 5.95. The van der Waals surface area contributed by atoms with Crippen LogP contribution < -0.4 is 5.32 Å². The molecular formula is C13H19NO3S. The largest absolute Gasteiger partial charge is 0.350 e. The van der Waals surface area contributed by atoms with Crippen molar-refractivity contribution in [2.24, 2.45) is 0 Å². The minimum Gasteiger partial charge on any atom is -0.350 e. The fourth-order valence-electron chi connectivity index (χ4n) is 1.68. The predicted octanol–water partition coefficient (Wildman–Crippen LogP) is 2.01. The molecule has 0 spiro atoms. The third-order valence-electron chi connectivity index (χ3n) is 2.62. The van der Waals surface area contributed by atoms with Crippen molar-refractivity contribution in [1.82, 2.24) is 5.32 Å². The summed E-state index contributed by atoms with van der Waals surface area (Å²) < 4.78 is 22.8. The monoisotopic (exact) mass is 269 g/mol. The Balaban J connectivity index is 2.87. The Morgan fingerprint density at radius 1 is 1.39 bits per heavy atom. The van der Waals surface area contributed by atoms with E-state index in [1.165, 1.54) is 12.1 Å². The molecule has 0 radical (unpaired) electrons. The molecule has 0 fully saturated rings. The van der Waals surface area contributed by atoms with Crippen molar-refractivity contribution >= 4 is 15.7 Å². The van der Waals surface area contributed by atoms with E-state index in [1.807, 2.05) is 13.8 Å². The van der Waals surface area contributed by atoms with E-state index in [-0.39, 0.29) is 16.8 Å². The van der Waals surface area contributed by atoms with Gasteiger partial charge >= 0.3 is 0 Å². The van der Waals surface area contributed by atoms with Crippen LogP contribution in [0.1, 0.15) is 37.0 Å². The van der Waals surface area contributed by atoms with Gasteiger partial charge in [-0.1, -0.05) is 19.4 Å². The van der Waals surface area contributed by atoms with Gasteiger partial charge in [-0.15, -0.1) is 0 Å². The Kier molecular flexibility index (Phi) is 4.90. The maximum Gasteiger partial charge on any atom is 0.251 e. The van der Waals surface area contributed by atoms with Crippen LogP contribution in [0, 0.1) is 0 Å². The van der Waals surface area contributed by atoms with Gasteiger partial charge in [-0.25, -0.2) is 8.42 Å². The quantitative estimate of drug-likeness (QED) is 0.889. The first-order chi connectivity index (χ1) is 8.34. The molecule has 5 heteroatoms. The molecule has 0 bridgehead atoms. The summed E-state index contributed by atoms with van der Waals surface area (Å²) in [6.45, 7) is 3.98. The Bertz CT molecular complexity index is 523. The molecule has 0 aliphatic rings. The maximum atomic E-state index is 11.9. The van der Waals surface area contributed by atoms with Crippen molar-refractivity contribution in [2.75, 3.05) is 6.26 Å². The van der Waals surface area contributed by atoms with Crippen molar-refractivity contribution in [2.45, 2.75) is 37.6 Å². The van der Waals surface area contributed by atoms with Crippen LogP contribution in [-0.4, -0.2) is 26.6 Å². The topological polar surface area (TPSA) is 63.2 Å². The van der Waals surface area contributed by atoms with Crippen molar-refractivity contribution in [3.05, 3.63) is 29.8 Å². The van der Waals surface area contributed by atoms with Gasteiger partial charge in [-0.2, -0.15) is 0 Å². The lowest BCUT2D eigenvalue weighted by atomic mass is 10.1. The lowest BCUT2D eigenvalue weighted by molar-refractivity contribution is 0.0938. The molecule has 0 aliphatic carbocycles. The van der Waals surface area contributed by atoms with E-state index in [4.69, 9.17) is 0 Å². The molecular weight excluding hydrogens is 250 g/mol. The normalized spacial score (nSPS) is 13.1. The molecule has 1 unspecified atom stereocenters. The fraction of sp³-hybridized carbons (Fsp3) is 0.462. The summed E-state index contributed by atoms with van der Waals surface area (Å²) in [5.41, 5.74) is 0.376. The number of nitrogens with one attached hydrogen (secondary N) is 1. The summed E-state index contributed by atoms with van der Waals surface area (Å²) in [5, 5.41) is 2.84. The highest BCUT2D eigenvalue weighted by molar-refractivity contribution is 7.90. The summed E-state index contributed by atoms with van der Waals surface area (Å²) in [6, 6.07) is 6.17. The van der Waals surface area contributed by atoms with Gasteiger partial charge in [0, 0.05) is 17.9 Å².